The maximum Gasteiger partial charge on any atom is 0.237 e. The van der Waals surface area contributed by atoms with E-state index < -0.39 is 0 Å². The van der Waals surface area contributed by atoms with Crippen molar-refractivity contribution in [1.29, 1.82) is 0 Å². The zero-order chi connectivity index (χ0) is 10.2. The van der Waals surface area contributed by atoms with E-state index in [1.165, 1.54) is 25.7 Å². The first-order valence-corrected chi connectivity index (χ1v) is 5.63. The predicted octanol–water partition coefficient (Wildman–Crippen LogP) is 1.04. The molecule has 1 amide bonds. The molecule has 0 aromatic rings. The van der Waals surface area contributed by atoms with Gasteiger partial charge in [0.1, 0.15) is 0 Å². The van der Waals surface area contributed by atoms with Crippen LogP contribution in [0.4, 0.5) is 0 Å². The number of hydrogen-bond donors (Lipinski definition) is 2. The van der Waals surface area contributed by atoms with Crippen molar-refractivity contribution in [3.8, 4) is 0 Å². The molecular formula is C11H20N2O. The molecule has 2 aliphatic rings. The maximum atomic E-state index is 11.8. The molecule has 0 spiro atoms. The second-order valence-electron chi connectivity index (χ2n) is 5.29. The van der Waals surface area contributed by atoms with E-state index in [9.17, 15) is 4.79 Å². The monoisotopic (exact) mass is 196 g/mol. The molecule has 2 rings (SSSR count). The van der Waals surface area contributed by atoms with Crippen LogP contribution in [0.2, 0.25) is 0 Å². The van der Waals surface area contributed by atoms with E-state index in [0.717, 1.165) is 6.54 Å². The van der Waals surface area contributed by atoms with Crippen molar-refractivity contribution in [1.82, 2.24) is 10.6 Å². The molecule has 3 heteroatoms. The molecular weight excluding hydrogens is 176 g/mol. The van der Waals surface area contributed by atoms with Crippen LogP contribution in [-0.2, 0) is 4.79 Å². The van der Waals surface area contributed by atoms with E-state index in [0.29, 0.717) is 6.04 Å². The van der Waals surface area contributed by atoms with Gasteiger partial charge in [0.05, 0.1) is 6.04 Å². The van der Waals surface area contributed by atoms with Crippen LogP contribution < -0.4 is 10.6 Å². The summed E-state index contributed by atoms with van der Waals surface area (Å²) in [5.74, 6) is 0.202. The lowest BCUT2D eigenvalue weighted by Gasteiger charge is -2.44. The van der Waals surface area contributed by atoms with Crippen LogP contribution in [0.25, 0.3) is 0 Å². The van der Waals surface area contributed by atoms with Gasteiger partial charge in [0.25, 0.3) is 0 Å². The van der Waals surface area contributed by atoms with E-state index in [2.05, 4.69) is 24.5 Å². The Hall–Kier alpha value is -0.570. The fourth-order valence-corrected chi connectivity index (χ4v) is 2.41. The van der Waals surface area contributed by atoms with Gasteiger partial charge in [-0.3, -0.25) is 4.79 Å². The summed E-state index contributed by atoms with van der Waals surface area (Å²) in [5, 5.41) is 6.33. The van der Waals surface area contributed by atoms with Crippen molar-refractivity contribution in [2.75, 3.05) is 6.54 Å². The van der Waals surface area contributed by atoms with Gasteiger partial charge in [-0.25, -0.2) is 0 Å². The molecule has 80 valence electrons. The summed E-state index contributed by atoms with van der Waals surface area (Å²) in [4.78, 5) is 11.8. The number of rotatable bonds is 2. The molecule has 1 atom stereocenters. The normalized spacial score (nSPS) is 31.1. The van der Waals surface area contributed by atoms with Crippen LogP contribution in [0.3, 0.4) is 0 Å². The highest BCUT2D eigenvalue weighted by molar-refractivity contribution is 5.84. The first kappa shape index (κ1) is 9.97. The lowest BCUT2D eigenvalue weighted by atomic mass is 9.77. The highest BCUT2D eigenvalue weighted by atomic mass is 16.2. The molecule has 0 radical (unpaired) electrons. The first-order chi connectivity index (χ1) is 6.59. The summed E-state index contributed by atoms with van der Waals surface area (Å²) < 4.78 is 0. The van der Waals surface area contributed by atoms with Gasteiger partial charge >= 0.3 is 0 Å². The van der Waals surface area contributed by atoms with Crippen molar-refractivity contribution >= 4 is 5.91 Å². The second-order valence-corrected chi connectivity index (χ2v) is 5.29. The van der Waals surface area contributed by atoms with Crippen molar-refractivity contribution in [3.63, 3.8) is 0 Å². The summed E-state index contributed by atoms with van der Waals surface area (Å²) in [6, 6.07) is 0.476. The first-order valence-electron chi connectivity index (χ1n) is 5.63. The van der Waals surface area contributed by atoms with Crippen molar-refractivity contribution in [2.24, 2.45) is 5.41 Å². The van der Waals surface area contributed by atoms with Crippen LogP contribution in [0.1, 0.15) is 39.5 Å². The van der Waals surface area contributed by atoms with Gasteiger partial charge in [-0.1, -0.05) is 26.7 Å². The third kappa shape index (κ3) is 1.78. The van der Waals surface area contributed by atoms with E-state index in [4.69, 9.17) is 0 Å². The topological polar surface area (TPSA) is 41.1 Å². The molecule has 3 nitrogen and oxygen atoms in total. The fourth-order valence-electron chi connectivity index (χ4n) is 2.41. The molecule has 1 saturated heterocycles. The van der Waals surface area contributed by atoms with Gasteiger partial charge in [-0.05, 0) is 12.8 Å². The highest BCUT2D eigenvalue weighted by Gasteiger charge is 2.43. The molecule has 2 N–H and O–H groups in total. The molecule has 0 aromatic heterocycles. The summed E-state index contributed by atoms with van der Waals surface area (Å²) >= 11 is 0. The molecule has 1 saturated carbocycles. The molecule has 0 bridgehead atoms. The number of hydrogen-bond acceptors (Lipinski definition) is 2. The summed E-state index contributed by atoms with van der Waals surface area (Å²) in [6.07, 6.45) is 4.87. The Bertz CT molecular complexity index is 231. The minimum atomic E-state index is 0.0306. The number of carbonyl (C=O) groups is 1. The third-order valence-electron chi connectivity index (χ3n) is 3.51. The van der Waals surface area contributed by atoms with Crippen molar-refractivity contribution in [3.05, 3.63) is 0 Å². The van der Waals surface area contributed by atoms with E-state index in [-0.39, 0.29) is 17.4 Å². The van der Waals surface area contributed by atoms with Gasteiger partial charge in [-0.2, -0.15) is 0 Å². The number of carbonyl (C=O) groups excluding carboxylic acids is 1. The second kappa shape index (κ2) is 3.54. The summed E-state index contributed by atoms with van der Waals surface area (Å²) in [5.41, 5.74) is 0.142. The molecule has 2 fully saturated rings. The van der Waals surface area contributed by atoms with Gasteiger partial charge in [-0.15, -0.1) is 0 Å². The average Bonchev–Trinajstić information content (AvgIpc) is 2.55. The minimum absolute atomic E-state index is 0.0306. The Kier molecular flexibility index (Phi) is 2.52. The van der Waals surface area contributed by atoms with Gasteiger partial charge in [0.2, 0.25) is 5.91 Å². The average molecular weight is 196 g/mol. The third-order valence-corrected chi connectivity index (χ3v) is 3.51. The SMILES string of the molecule is CC1(C)CNC1C(=O)NC1CCCC1. The lowest BCUT2D eigenvalue weighted by molar-refractivity contribution is -0.130. The molecule has 14 heavy (non-hydrogen) atoms. The van der Waals surface area contributed by atoms with Gasteiger partial charge in [0, 0.05) is 18.0 Å². The van der Waals surface area contributed by atoms with Gasteiger partial charge < -0.3 is 10.6 Å². The Morgan fingerprint density at radius 1 is 1.36 bits per heavy atom. The smallest absolute Gasteiger partial charge is 0.237 e. The molecule has 1 aliphatic heterocycles. The minimum Gasteiger partial charge on any atom is -0.352 e. The van der Waals surface area contributed by atoms with Crippen LogP contribution in [-0.4, -0.2) is 24.5 Å². The van der Waals surface area contributed by atoms with E-state index in [1.807, 2.05) is 0 Å². The predicted molar refractivity (Wildman–Crippen MR) is 56.0 cm³/mol. The summed E-state index contributed by atoms with van der Waals surface area (Å²) in [7, 11) is 0. The molecule has 1 aliphatic carbocycles. The van der Waals surface area contributed by atoms with Crippen molar-refractivity contribution in [2.45, 2.75) is 51.6 Å². The molecule has 1 heterocycles. The fraction of sp³-hybridized carbons (Fsp3) is 0.909. The Balaban J connectivity index is 1.83. The zero-order valence-electron chi connectivity index (χ0n) is 9.10. The van der Waals surface area contributed by atoms with Gasteiger partial charge in [0.15, 0.2) is 0 Å². The van der Waals surface area contributed by atoms with Crippen LogP contribution in [0.15, 0.2) is 0 Å². The molecule has 0 aromatic carbocycles. The Morgan fingerprint density at radius 2 is 2.00 bits per heavy atom. The highest BCUT2D eigenvalue weighted by Crippen LogP contribution is 2.28. The maximum absolute atomic E-state index is 11.8. The standard InChI is InChI=1S/C11H20N2O/c1-11(2)7-12-9(11)10(14)13-8-5-3-4-6-8/h8-9,12H,3-7H2,1-2H3,(H,13,14). The van der Waals surface area contributed by atoms with Crippen LogP contribution in [0.5, 0.6) is 0 Å². The lowest BCUT2D eigenvalue weighted by Crippen LogP contribution is -2.66. The van der Waals surface area contributed by atoms with Crippen LogP contribution in [0, 0.1) is 5.41 Å². The molecule has 1 unspecified atom stereocenters. The number of nitrogens with one attached hydrogen (secondary N) is 2. The Morgan fingerprint density at radius 3 is 2.43 bits per heavy atom. The van der Waals surface area contributed by atoms with E-state index >= 15 is 0 Å². The van der Waals surface area contributed by atoms with E-state index in [1.54, 1.807) is 0 Å². The summed E-state index contributed by atoms with van der Waals surface area (Å²) in [6.45, 7) is 5.24. The van der Waals surface area contributed by atoms with Crippen molar-refractivity contribution < 1.29 is 4.79 Å². The Labute approximate surface area is 85.6 Å². The zero-order valence-corrected chi connectivity index (χ0v) is 9.10. The largest absolute Gasteiger partial charge is 0.352 e. The number of amides is 1. The van der Waals surface area contributed by atoms with Crippen LogP contribution >= 0.6 is 0 Å². The quantitative estimate of drug-likeness (QED) is 0.693.